The first kappa shape index (κ1) is 56.5. The number of benzene rings is 3. The molecule has 3 amide bonds. The van der Waals surface area contributed by atoms with Gasteiger partial charge in [0.05, 0.1) is 56.9 Å². The number of hydrogen-bond donors (Lipinski definition) is 3. The molecule has 19 nitrogen and oxygen atoms in total. The molecule has 3 aromatic carbocycles. The van der Waals surface area contributed by atoms with Crippen molar-refractivity contribution in [3.63, 3.8) is 0 Å². The summed E-state index contributed by atoms with van der Waals surface area (Å²) >= 11 is 0. The van der Waals surface area contributed by atoms with Crippen LogP contribution in [-0.4, -0.2) is 111 Å². The van der Waals surface area contributed by atoms with Crippen molar-refractivity contribution in [3.05, 3.63) is 70.8 Å². The van der Waals surface area contributed by atoms with E-state index in [-0.39, 0.29) is 41.3 Å². The van der Waals surface area contributed by atoms with Gasteiger partial charge in [0.1, 0.15) is 22.9 Å². The molecule has 374 valence electrons. The summed E-state index contributed by atoms with van der Waals surface area (Å²) in [5.74, 6) is 0.420. The fourth-order valence-electron chi connectivity index (χ4n) is 6.21. The van der Waals surface area contributed by atoms with Gasteiger partial charge in [-0.15, -0.1) is 10.2 Å². The number of carbonyl (C=O) groups is 3. The topological polar surface area (TPSA) is 229 Å². The molecule has 0 aliphatic rings. The normalized spacial score (nSPS) is 11.8. The number of nitro groups is 1. The Morgan fingerprint density at radius 3 is 1.62 bits per heavy atom. The minimum Gasteiger partial charge on any atom is -0.494 e. The van der Waals surface area contributed by atoms with Gasteiger partial charge in [0.2, 0.25) is 17.7 Å². The molecule has 3 rings (SSSR count). The molecule has 3 N–H and O–H groups in total. The van der Waals surface area contributed by atoms with Crippen LogP contribution in [0, 0.1) is 10.1 Å². The molecule has 0 aliphatic heterocycles. The van der Waals surface area contributed by atoms with Crippen molar-refractivity contribution in [2.75, 3.05) is 84.9 Å². The predicted molar refractivity (Wildman–Crippen MR) is 266 cm³/mol. The number of rotatable bonds is 33. The van der Waals surface area contributed by atoms with Gasteiger partial charge >= 0.3 is 0 Å². The number of nitrogens with one attached hydrogen (secondary N) is 3. The Bertz CT molecular complexity index is 2060. The number of ether oxygens (including phenoxy) is 4. The molecule has 0 fully saturated rings. The van der Waals surface area contributed by atoms with Gasteiger partial charge < -0.3 is 44.2 Å². The van der Waals surface area contributed by atoms with Gasteiger partial charge in [-0.25, -0.2) is 0 Å². The SMILES string of the molecule is CCN(CCCC(=O)NCCOCCOCCNC(=O)CCC(=O)NCCCCCCO[Si](C)(C)C(C)(C)C)c1ccc(N=Nc2cc(OC)c(N=Nc3ccc([N+](=O)[O-])cc3)cc2OC)cc1. The van der Waals surface area contributed by atoms with E-state index in [2.05, 4.69) is 82.1 Å². The van der Waals surface area contributed by atoms with Crippen LogP contribution in [-0.2, 0) is 28.3 Å². The lowest BCUT2D eigenvalue weighted by Gasteiger charge is -2.36. The number of carbonyl (C=O) groups excluding carboxylic acids is 3. The van der Waals surface area contributed by atoms with Crippen LogP contribution in [0.2, 0.25) is 18.1 Å². The van der Waals surface area contributed by atoms with Crippen LogP contribution in [0.3, 0.4) is 0 Å². The molecular weight excluding hydrogens is 891 g/mol. The van der Waals surface area contributed by atoms with Crippen LogP contribution >= 0.6 is 0 Å². The highest BCUT2D eigenvalue weighted by Crippen LogP contribution is 2.41. The summed E-state index contributed by atoms with van der Waals surface area (Å²) in [5, 5.41) is 36.9. The monoisotopic (exact) mass is 964 g/mol. The third-order valence-corrected chi connectivity index (χ3v) is 15.8. The Kier molecular flexibility index (Phi) is 25.4. The van der Waals surface area contributed by atoms with E-state index in [0.29, 0.717) is 99.7 Å². The van der Waals surface area contributed by atoms with E-state index in [0.717, 1.165) is 44.5 Å². The Morgan fingerprint density at radius 2 is 1.13 bits per heavy atom. The lowest BCUT2D eigenvalue weighted by Crippen LogP contribution is -2.40. The van der Waals surface area contributed by atoms with E-state index in [1.807, 2.05) is 24.3 Å². The first-order valence-corrected chi connectivity index (χ1v) is 26.3. The molecule has 20 heteroatoms. The van der Waals surface area contributed by atoms with Crippen LogP contribution < -0.4 is 30.3 Å². The minimum absolute atomic E-state index is 0.0434. The van der Waals surface area contributed by atoms with Crippen molar-refractivity contribution in [2.24, 2.45) is 20.5 Å². The molecule has 0 atom stereocenters. The van der Waals surface area contributed by atoms with E-state index in [4.69, 9.17) is 23.4 Å². The van der Waals surface area contributed by atoms with E-state index in [1.54, 1.807) is 12.1 Å². The van der Waals surface area contributed by atoms with Crippen LogP contribution in [0.15, 0.2) is 81.1 Å². The number of azo groups is 2. The van der Waals surface area contributed by atoms with Crippen molar-refractivity contribution in [1.82, 2.24) is 16.0 Å². The van der Waals surface area contributed by atoms with Crippen molar-refractivity contribution < 1.29 is 42.7 Å². The van der Waals surface area contributed by atoms with Gasteiger partial charge in [0.15, 0.2) is 8.32 Å². The molecule has 0 radical (unpaired) electrons. The number of nitro benzene ring substituents is 1. The summed E-state index contributed by atoms with van der Waals surface area (Å²) < 4.78 is 28.3. The first-order valence-electron chi connectivity index (χ1n) is 23.3. The van der Waals surface area contributed by atoms with Gasteiger partial charge in [0, 0.05) is 88.5 Å². The quantitative estimate of drug-likeness (QED) is 0.0171. The molecular formula is C48H73N9O10Si. The van der Waals surface area contributed by atoms with Crippen molar-refractivity contribution in [2.45, 2.75) is 97.2 Å². The summed E-state index contributed by atoms with van der Waals surface area (Å²) in [4.78, 5) is 49.3. The summed E-state index contributed by atoms with van der Waals surface area (Å²) in [5.41, 5.74) is 2.79. The molecule has 0 heterocycles. The lowest BCUT2D eigenvalue weighted by molar-refractivity contribution is -0.384. The summed E-state index contributed by atoms with van der Waals surface area (Å²) in [6, 6.07) is 16.6. The third-order valence-electron chi connectivity index (χ3n) is 11.3. The molecule has 0 bridgehead atoms. The average Bonchev–Trinajstić information content (AvgIpc) is 3.32. The molecule has 0 spiro atoms. The van der Waals surface area contributed by atoms with Gasteiger partial charge in [-0.3, -0.25) is 24.5 Å². The highest BCUT2D eigenvalue weighted by molar-refractivity contribution is 6.74. The Labute approximate surface area is 402 Å². The van der Waals surface area contributed by atoms with Gasteiger partial charge in [0.25, 0.3) is 5.69 Å². The molecule has 3 aromatic rings. The summed E-state index contributed by atoms with van der Waals surface area (Å²) in [6.07, 6.45) is 5.37. The summed E-state index contributed by atoms with van der Waals surface area (Å²) in [6.45, 7) is 18.3. The first-order chi connectivity index (χ1) is 32.6. The van der Waals surface area contributed by atoms with Gasteiger partial charge in [-0.1, -0.05) is 33.6 Å². The molecule has 0 unspecified atom stereocenters. The zero-order valence-electron chi connectivity index (χ0n) is 41.3. The molecule has 0 saturated carbocycles. The number of nitrogens with zero attached hydrogens (tertiary/aromatic N) is 6. The fourth-order valence-corrected chi connectivity index (χ4v) is 7.30. The van der Waals surface area contributed by atoms with Crippen LogP contribution in [0.1, 0.15) is 79.1 Å². The van der Waals surface area contributed by atoms with Crippen molar-refractivity contribution in [3.8, 4) is 11.5 Å². The number of amides is 3. The van der Waals surface area contributed by atoms with E-state index < -0.39 is 13.2 Å². The second kappa shape index (κ2) is 30.5. The second-order valence-corrected chi connectivity index (χ2v) is 22.2. The maximum Gasteiger partial charge on any atom is 0.269 e. The zero-order valence-corrected chi connectivity index (χ0v) is 42.3. The molecule has 0 aliphatic carbocycles. The third kappa shape index (κ3) is 21.4. The predicted octanol–water partition coefficient (Wildman–Crippen LogP) is 9.79. The number of methoxy groups -OCH3 is 2. The Morgan fingerprint density at radius 1 is 0.647 bits per heavy atom. The highest BCUT2D eigenvalue weighted by Gasteiger charge is 2.36. The summed E-state index contributed by atoms with van der Waals surface area (Å²) in [7, 11) is 1.30. The van der Waals surface area contributed by atoms with Crippen LogP contribution in [0.4, 0.5) is 34.1 Å². The number of non-ortho nitro benzene ring substituents is 1. The number of hydrogen-bond acceptors (Lipinski definition) is 15. The van der Waals surface area contributed by atoms with E-state index in [1.165, 1.54) is 38.5 Å². The Balaban J connectivity index is 1.22. The Hall–Kier alpha value is -5.83. The molecule has 0 saturated heterocycles. The minimum atomic E-state index is -1.69. The fraction of sp³-hybridized carbons (Fsp3) is 0.562. The van der Waals surface area contributed by atoms with Gasteiger partial charge in [-0.05, 0) is 80.7 Å². The van der Waals surface area contributed by atoms with E-state index in [9.17, 15) is 24.5 Å². The van der Waals surface area contributed by atoms with Crippen molar-refractivity contribution >= 4 is 60.2 Å². The molecule has 68 heavy (non-hydrogen) atoms. The number of anilines is 1. The van der Waals surface area contributed by atoms with Crippen LogP contribution in [0.5, 0.6) is 11.5 Å². The number of unbranched alkanes of at least 4 members (excludes halogenated alkanes) is 3. The standard InChI is InChI=1S/C48H73N9O10Si/c1-9-56(39-20-16-37(17-21-39)52-54-41-35-44(64-6)42(36-43(41)63-5)55-53-38-18-22-40(23-19-38)57(61)62)29-14-15-45(58)50-27-31-65-33-34-66-32-28-51-47(60)25-24-46(59)49-26-12-10-11-13-30-67-68(7,8)48(2,3)4/h16-23,35-36H,9-15,24-34H2,1-8H3,(H,49,59)(H,50,58)(H,51,60). The average molecular weight is 964 g/mol. The second-order valence-electron chi connectivity index (χ2n) is 17.4. The largest absolute Gasteiger partial charge is 0.494 e. The lowest BCUT2D eigenvalue weighted by atomic mass is 10.2. The van der Waals surface area contributed by atoms with Gasteiger partial charge in [-0.2, -0.15) is 10.2 Å². The molecule has 0 aromatic heterocycles. The van der Waals surface area contributed by atoms with E-state index >= 15 is 0 Å². The maximum absolute atomic E-state index is 12.5. The van der Waals surface area contributed by atoms with Crippen LogP contribution in [0.25, 0.3) is 0 Å². The smallest absolute Gasteiger partial charge is 0.269 e. The zero-order chi connectivity index (χ0) is 49.8. The highest BCUT2D eigenvalue weighted by atomic mass is 28.4. The van der Waals surface area contributed by atoms with Crippen molar-refractivity contribution in [1.29, 1.82) is 0 Å². The maximum atomic E-state index is 12.5.